The Balaban J connectivity index is 0.000000120. The maximum absolute atomic E-state index is 2.42. The summed E-state index contributed by atoms with van der Waals surface area (Å²) in [6.07, 6.45) is 0. The van der Waals surface area contributed by atoms with Crippen LogP contribution in [0.5, 0.6) is 0 Å². The van der Waals surface area contributed by atoms with Gasteiger partial charge in [0.1, 0.15) is 0 Å². The number of para-hydroxylation sites is 6. The largest absolute Gasteiger partial charge is 0.309 e. The highest BCUT2D eigenvalue weighted by Gasteiger charge is 2.19. The molecule has 0 radical (unpaired) electrons. The maximum atomic E-state index is 2.42. The van der Waals surface area contributed by atoms with E-state index in [1.54, 1.807) is 0 Å². The Morgan fingerprint density at radius 2 is 0.357 bits per heavy atom. The lowest BCUT2D eigenvalue weighted by Crippen LogP contribution is -1.95. The van der Waals surface area contributed by atoms with Gasteiger partial charge in [-0.05, 0) is 199 Å². The third-order valence-electron chi connectivity index (χ3n) is 19.5. The predicted octanol–water partition coefficient (Wildman–Crippen LogP) is 26.0. The third-order valence-corrected chi connectivity index (χ3v) is 20.9. The first-order valence-electron chi connectivity index (χ1n) is 33.2. The minimum absolute atomic E-state index is 1.17. The summed E-state index contributed by atoms with van der Waals surface area (Å²) in [5, 5.41) is 15.3. The molecule has 462 valence electrons. The van der Waals surface area contributed by atoms with Gasteiger partial charge in [0.25, 0.3) is 0 Å². The Labute approximate surface area is 594 Å². The molecule has 6 heteroatoms. The number of hydrogen-bond donors (Lipinski definition) is 0. The van der Waals surface area contributed by atoms with Crippen LogP contribution in [0.1, 0.15) is 0 Å². The van der Waals surface area contributed by atoms with Crippen molar-refractivity contribution in [1.29, 1.82) is 0 Å². The monoisotopic (exact) mass is 1470 g/mol. The van der Waals surface area contributed by atoms with Crippen LogP contribution in [-0.4, -0.2) is 18.3 Å². The van der Waals surface area contributed by atoms with Gasteiger partial charge in [0, 0.05) is 83.8 Å². The Bertz CT molecular complexity index is 5890. The Kier molecular flexibility index (Phi) is 15.1. The zero-order valence-electron chi connectivity index (χ0n) is 53.2. The Morgan fingerprint density at radius 3 is 0.633 bits per heavy atom. The highest BCUT2D eigenvalue weighted by atomic mass is 127. The lowest BCUT2D eigenvalue weighted by molar-refractivity contribution is 1.18. The van der Waals surface area contributed by atoms with E-state index in [0.717, 1.165) is 0 Å². The first kappa shape index (κ1) is 59.2. The molecule has 16 aromatic carbocycles. The Hall–Kier alpha value is -11.3. The van der Waals surface area contributed by atoms with Gasteiger partial charge in [0.2, 0.25) is 0 Å². The average molecular weight is 1480 g/mol. The van der Waals surface area contributed by atoms with Gasteiger partial charge in [-0.15, -0.1) is 0 Å². The van der Waals surface area contributed by atoms with Gasteiger partial charge in [-0.3, -0.25) is 0 Å². The van der Waals surface area contributed by atoms with Gasteiger partial charge in [-0.2, -0.15) is 0 Å². The molecule has 0 unspecified atom stereocenters. The standard InChI is InChI=1S/C44H28N2.C36H24N2.C12H8I2/c1-3-11-35-31(9-1)21-27-39-37-13-5-7-15-41(37)45(43(35)39)33-23-17-29(18-24-33)30-19-25-34(26-20-30)46-42-16-8-6-14-38(42)40-28-22-32-10-2-4-12-36(32)44(40)46;1-5-13-33-29(9-1)30-10-2-6-14-34(30)37(33)27-21-17-25(18-22-27)26-19-23-28(24-20-26)38-35-15-7-3-11-31(35)32-12-4-8-16-36(32)38;13-11-5-1-9(2-6-11)10-3-7-12(14)8-4-10/h1-28H;1-24H;1-8H. The zero-order chi connectivity index (χ0) is 65.2. The highest BCUT2D eigenvalue weighted by Crippen LogP contribution is 2.41. The molecule has 0 saturated carbocycles. The summed E-state index contributed by atoms with van der Waals surface area (Å²) in [6.45, 7) is 0. The van der Waals surface area contributed by atoms with E-state index < -0.39 is 0 Å². The van der Waals surface area contributed by atoms with Crippen molar-refractivity contribution in [1.82, 2.24) is 18.3 Å². The number of nitrogens with zero attached hydrogens (tertiary/aromatic N) is 4. The number of aromatic nitrogens is 4. The second-order valence-electron chi connectivity index (χ2n) is 25.0. The highest BCUT2D eigenvalue weighted by molar-refractivity contribution is 14.1. The lowest BCUT2D eigenvalue weighted by Gasteiger charge is -2.12. The molecule has 0 atom stereocenters. The fraction of sp³-hybridized carbons (Fsp3) is 0. The molecule has 0 aliphatic rings. The predicted molar refractivity (Wildman–Crippen MR) is 433 cm³/mol. The van der Waals surface area contributed by atoms with Crippen LogP contribution in [-0.2, 0) is 0 Å². The molecule has 0 bridgehead atoms. The van der Waals surface area contributed by atoms with Crippen molar-refractivity contribution < 1.29 is 0 Å². The molecule has 20 aromatic rings. The van der Waals surface area contributed by atoms with E-state index in [9.17, 15) is 0 Å². The molecular weight excluding hydrogens is 1410 g/mol. The maximum Gasteiger partial charge on any atom is 0.0619 e. The number of rotatable bonds is 7. The summed E-state index contributed by atoms with van der Waals surface area (Å²) in [6, 6.07) is 132. The third kappa shape index (κ3) is 10.4. The van der Waals surface area contributed by atoms with Crippen LogP contribution < -0.4 is 0 Å². The van der Waals surface area contributed by atoms with Crippen LogP contribution in [0, 0.1) is 7.14 Å². The quantitative estimate of drug-likeness (QED) is 0.142. The van der Waals surface area contributed by atoms with Crippen molar-refractivity contribution >= 4 is 154 Å². The van der Waals surface area contributed by atoms with Crippen LogP contribution in [0.25, 0.3) is 165 Å². The molecule has 98 heavy (non-hydrogen) atoms. The van der Waals surface area contributed by atoms with Crippen LogP contribution in [0.4, 0.5) is 0 Å². The molecular formula is C92H60I2N4. The van der Waals surface area contributed by atoms with Crippen molar-refractivity contribution in [3.05, 3.63) is 371 Å². The number of fused-ring (bicyclic) bond motifs is 16. The summed E-state index contributed by atoms with van der Waals surface area (Å²) in [5.41, 5.74) is 22.0. The van der Waals surface area contributed by atoms with Gasteiger partial charge in [0.15, 0.2) is 0 Å². The smallest absolute Gasteiger partial charge is 0.0619 e. The van der Waals surface area contributed by atoms with Crippen LogP contribution >= 0.6 is 45.2 Å². The van der Waals surface area contributed by atoms with Gasteiger partial charge in [-0.25, -0.2) is 0 Å². The molecule has 0 amide bonds. The van der Waals surface area contributed by atoms with Crippen molar-refractivity contribution in [3.63, 3.8) is 0 Å². The van der Waals surface area contributed by atoms with Gasteiger partial charge in [-0.1, -0.05) is 255 Å². The molecule has 0 aliphatic heterocycles. The molecule has 0 spiro atoms. The van der Waals surface area contributed by atoms with Gasteiger partial charge < -0.3 is 18.3 Å². The first-order valence-corrected chi connectivity index (χ1v) is 35.3. The fourth-order valence-electron chi connectivity index (χ4n) is 14.9. The van der Waals surface area contributed by atoms with E-state index in [1.165, 1.54) is 172 Å². The van der Waals surface area contributed by atoms with Gasteiger partial charge >= 0.3 is 0 Å². The average Bonchev–Trinajstić information content (AvgIpc) is 1.61. The molecule has 0 N–H and O–H groups in total. The van der Waals surface area contributed by atoms with E-state index in [2.05, 4.69) is 427 Å². The second-order valence-corrected chi connectivity index (χ2v) is 27.5. The summed E-state index contributed by atoms with van der Waals surface area (Å²) in [4.78, 5) is 0. The van der Waals surface area contributed by atoms with Crippen LogP contribution in [0.3, 0.4) is 0 Å². The molecule has 4 nitrogen and oxygen atoms in total. The topological polar surface area (TPSA) is 19.7 Å². The molecule has 20 rings (SSSR count). The van der Waals surface area contributed by atoms with Crippen molar-refractivity contribution in [3.8, 4) is 56.1 Å². The van der Waals surface area contributed by atoms with Crippen molar-refractivity contribution in [2.75, 3.05) is 0 Å². The SMILES string of the molecule is Ic1ccc(-c2ccc(I)cc2)cc1.c1ccc2c(c1)c1ccccc1n2-c1ccc(-c2ccc(-n3c4ccccc4c4ccccc43)cc2)cc1.c1ccc2c(c1)ccc1c3ccccc3n(-c3ccc(-c4ccc(-n5c6ccccc6c6ccc7ccccc7c65)cc4)cc3)c21. The van der Waals surface area contributed by atoms with E-state index in [4.69, 9.17) is 0 Å². The van der Waals surface area contributed by atoms with E-state index in [-0.39, 0.29) is 0 Å². The van der Waals surface area contributed by atoms with Crippen LogP contribution in [0.2, 0.25) is 0 Å². The van der Waals surface area contributed by atoms with Crippen molar-refractivity contribution in [2.24, 2.45) is 0 Å². The van der Waals surface area contributed by atoms with Gasteiger partial charge in [0.05, 0.1) is 44.1 Å². The number of hydrogen-bond acceptors (Lipinski definition) is 0. The summed E-state index contributed by atoms with van der Waals surface area (Å²) < 4.78 is 12.1. The fourth-order valence-corrected chi connectivity index (χ4v) is 15.6. The minimum Gasteiger partial charge on any atom is -0.309 e. The van der Waals surface area contributed by atoms with Crippen LogP contribution in [0.15, 0.2) is 364 Å². The van der Waals surface area contributed by atoms with E-state index >= 15 is 0 Å². The minimum atomic E-state index is 1.17. The molecule has 0 saturated heterocycles. The van der Waals surface area contributed by atoms with E-state index in [1.807, 2.05) is 0 Å². The second kappa shape index (κ2) is 25.0. The summed E-state index contributed by atoms with van der Waals surface area (Å²) in [7, 11) is 0. The number of halogens is 2. The lowest BCUT2D eigenvalue weighted by atomic mass is 10.0. The molecule has 4 aromatic heterocycles. The van der Waals surface area contributed by atoms with Crippen molar-refractivity contribution in [2.45, 2.75) is 0 Å². The molecule has 0 fully saturated rings. The zero-order valence-corrected chi connectivity index (χ0v) is 57.5. The number of benzene rings is 16. The van der Waals surface area contributed by atoms with E-state index in [0.29, 0.717) is 0 Å². The Morgan fingerprint density at radius 1 is 0.153 bits per heavy atom. The molecule has 4 heterocycles. The normalized spacial score (nSPS) is 11.6. The summed E-state index contributed by atoms with van der Waals surface area (Å²) >= 11 is 4.64. The first-order chi connectivity index (χ1) is 48.5. The molecule has 0 aliphatic carbocycles. The summed E-state index contributed by atoms with van der Waals surface area (Å²) in [5.74, 6) is 0.